The zero-order valence-electron chi connectivity index (χ0n) is 11.5. The minimum absolute atomic E-state index is 0.0355. The smallest absolute Gasteiger partial charge is 0.272 e. The summed E-state index contributed by atoms with van der Waals surface area (Å²) in [7, 11) is 0. The van der Waals surface area contributed by atoms with E-state index in [1.165, 1.54) is 37.3 Å². The van der Waals surface area contributed by atoms with Gasteiger partial charge in [0.25, 0.3) is 5.69 Å². The van der Waals surface area contributed by atoms with E-state index in [0.717, 1.165) is 0 Å². The number of benzene rings is 2. The maximum absolute atomic E-state index is 13.9. The highest BCUT2D eigenvalue weighted by Crippen LogP contribution is 2.33. The van der Waals surface area contributed by atoms with Crippen LogP contribution in [0.15, 0.2) is 36.4 Å². The number of para-hydroxylation sites is 1. The summed E-state index contributed by atoms with van der Waals surface area (Å²) in [4.78, 5) is 10.3. The van der Waals surface area contributed by atoms with E-state index in [1.54, 1.807) is 13.0 Å². The Bertz CT molecular complexity index is 685. The lowest BCUT2D eigenvalue weighted by Gasteiger charge is -2.14. The van der Waals surface area contributed by atoms with Crippen molar-refractivity contribution in [1.29, 1.82) is 0 Å². The fourth-order valence-corrected chi connectivity index (χ4v) is 1.98. The van der Waals surface area contributed by atoms with Crippen LogP contribution in [-0.2, 0) is 0 Å². The number of aliphatic hydroxyl groups is 1. The van der Waals surface area contributed by atoms with Gasteiger partial charge in [-0.2, -0.15) is 0 Å². The van der Waals surface area contributed by atoms with Gasteiger partial charge in [-0.05, 0) is 32.0 Å². The van der Waals surface area contributed by atoms with E-state index in [4.69, 9.17) is 4.74 Å². The van der Waals surface area contributed by atoms with Crippen molar-refractivity contribution in [2.75, 3.05) is 0 Å². The maximum Gasteiger partial charge on any atom is 0.272 e. The molecule has 0 aliphatic rings. The van der Waals surface area contributed by atoms with Crippen molar-refractivity contribution >= 4 is 5.69 Å². The molecule has 0 fully saturated rings. The first-order chi connectivity index (χ1) is 9.90. The molecular formula is C15H14FNO4. The molecule has 0 heterocycles. The molecule has 2 aromatic carbocycles. The second kappa shape index (κ2) is 5.88. The Kier molecular flexibility index (Phi) is 4.18. The molecule has 0 bridgehead atoms. The van der Waals surface area contributed by atoms with Gasteiger partial charge in [-0.1, -0.05) is 12.1 Å². The Labute approximate surface area is 120 Å². The first-order valence-electron chi connectivity index (χ1n) is 6.29. The van der Waals surface area contributed by atoms with E-state index >= 15 is 0 Å². The topological polar surface area (TPSA) is 72.6 Å². The molecule has 1 N–H and O–H groups in total. The number of halogens is 1. The second-order valence-electron chi connectivity index (χ2n) is 4.64. The van der Waals surface area contributed by atoms with Crippen molar-refractivity contribution < 1.29 is 19.2 Å². The van der Waals surface area contributed by atoms with Gasteiger partial charge in [0.05, 0.1) is 11.0 Å². The molecule has 2 aromatic rings. The zero-order chi connectivity index (χ0) is 15.6. The van der Waals surface area contributed by atoms with E-state index in [-0.39, 0.29) is 17.2 Å². The molecule has 0 unspecified atom stereocenters. The summed E-state index contributed by atoms with van der Waals surface area (Å²) >= 11 is 0. The lowest BCUT2D eigenvalue weighted by molar-refractivity contribution is -0.385. The molecule has 1 atom stereocenters. The molecular weight excluding hydrogens is 277 g/mol. The molecule has 6 heteroatoms. The van der Waals surface area contributed by atoms with Gasteiger partial charge in [-0.25, -0.2) is 4.39 Å². The third kappa shape index (κ3) is 3.17. The highest BCUT2D eigenvalue weighted by molar-refractivity contribution is 5.47. The first kappa shape index (κ1) is 14.9. The number of nitrogens with zero attached hydrogens (tertiary/aromatic N) is 1. The summed E-state index contributed by atoms with van der Waals surface area (Å²) in [6.07, 6.45) is -0.894. The lowest BCUT2D eigenvalue weighted by atomic mass is 10.1. The van der Waals surface area contributed by atoms with Crippen LogP contribution in [0.25, 0.3) is 0 Å². The molecule has 0 aliphatic carbocycles. The predicted molar refractivity (Wildman–Crippen MR) is 74.9 cm³/mol. The van der Waals surface area contributed by atoms with Crippen molar-refractivity contribution in [2.24, 2.45) is 0 Å². The van der Waals surface area contributed by atoms with Gasteiger partial charge in [0, 0.05) is 17.2 Å². The first-order valence-corrected chi connectivity index (χ1v) is 6.29. The van der Waals surface area contributed by atoms with Crippen molar-refractivity contribution in [2.45, 2.75) is 20.0 Å². The molecule has 0 spiro atoms. The van der Waals surface area contributed by atoms with Crippen LogP contribution in [0.1, 0.15) is 24.2 Å². The van der Waals surface area contributed by atoms with E-state index in [2.05, 4.69) is 0 Å². The van der Waals surface area contributed by atoms with E-state index in [0.29, 0.717) is 11.1 Å². The Morgan fingerprint density at radius 3 is 2.62 bits per heavy atom. The fraction of sp³-hybridized carbons (Fsp3) is 0.200. The van der Waals surface area contributed by atoms with Gasteiger partial charge in [0.1, 0.15) is 5.75 Å². The van der Waals surface area contributed by atoms with Crippen molar-refractivity contribution in [1.82, 2.24) is 0 Å². The van der Waals surface area contributed by atoms with Crippen LogP contribution in [0.2, 0.25) is 0 Å². The minimum atomic E-state index is -0.894. The zero-order valence-corrected chi connectivity index (χ0v) is 11.5. The summed E-state index contributed by atoms with van der Waals surface area (Å²) in [5, 5.41) is 20.4. The molecule has 0 saturated carbocycles. The van der Waals surface area contributed by atoms with E-state index < -0.39 is 16.8 Å². The molecule has 0 amide bonds. The largest absolute Gasteiger partial charge is 0.454 e. The predicted octanol–water partition coefficient (Wildman–Crippen LogP) is 3.89. The quantitative estimate of drug-likeness (QED) is 0.685. The van der Waals surface area contributed by atoms with Crippen LogP contribution in [0.3, 0.4) is 0 Å². The number of hydrogen-bond acceptors (Lipinski definition) is 4. The summed E-state index contributed by atoms with van der Waals surface area (Å²) in [5.74, 6) is -0.421. The number of nitro groups is 1. The molecule has 2 rings (SSSR count). The average molecular weight is 291 g/mol. The van der Waals surface area contributed by atoms with Crippen LogP contribution >= 0.6 is 0 Å². The van der Waals surface area contributed by atoms with Gasteiger partial charge in [0.15, 0.2) is 11.6 Å². The summed E-state index contributed by atoms with van der Waals surface area (Å²) in [6.45, 7) is 3.07. The molecule has 0 aliphatic heterocycles. The Balaban J connectivity index is 2.39. The number of rotatable bonds is 4. The van der Waals surface area contributed by atoms with Crippen LogP contribution in [0.4, 0.5) is 10.1 Å². The average Bonchev–Trinajstić information content (AvgIpc) is 2.40. The number of hydrogen-bond donors (Lipinski definition) is 1. The number of ether oxygens (including phenoxy) is 1. The molecule has 5 nitrogen and oxygen atoms in total. The monoisotopic (exact) mass is 291 g/mol. The van der Waals surface area contributed by atoms with Crippen molar-refractivity contribution in [3.63, 3.8) is 0 Å². The third-order valence-electron chi connectivity index (χ3n) is 3.03. The van der Waals surface area contributed by atoms with Gasteiger partial charge in [0.2, 0.25) is 0 Å². The van der Waals surface area contributed by atoms with Crippen LogP contribution in [0.5, 0.6) is 11.5 Å². The van der Waals surface area contributed by atoms with Crippen molar-refractivity contribution in [3.8, 4) is 11.5 Å². The Morgan fingerprint density at radius 1 is 1.33 bits per heavy atom. The molecule has 21 heavy (non-hydrogen) atoms. The van der Waals surface area contributed by atoms with Gasteiger partial charge in [-0.3, -0.25) is 10.1 Å². The SMILES string of the molecule is Cc1cc(Oc2c(F)cccc2[C@@H](C)O)ccc1[N+](=O)[O-]. The van der Waals surface area contributed by atoms with Crippen LogP contribution in [0, 0.1) is 22.9 Å². The van der Waals surface area contributed by atoms with Gasteiger partial charge < -0.3 is 9.84 Å². The lowest BCUT2D eigenvalue weighted by Crippen LogP contribution is -1.99. The second-order valence-corrected chi connectivity index (χ2v) is 4.64. The third-order valence-corrected chi connectivity index (χ3v) is 3.03. The molecule has 0 aromatic heterocycles. The molecule has 110 valence electrons. The highest BCUT2D eigenvalue weighted by atomic mass is 19.1. The summed E-state index contributed by atoms with van der Waals surface area (Å²) in [6, 6.07) is 8.40. The van der Waals surface area contributed by atoms with Crippen LogP contribution in [-0.4, -0.2) is 10.0 Å². The van der Waals surface area contributed by atoms with Crippen LogP contribution < -0.4 is 4.74 Å². The number of aryl methyl sites for hydroxylation is 1. The van der Waals surface area contributed by atoms with Gasteiger partial charge in [-0.15, -0.1) is 0 Å². The summed E-state index contributed by atoms with van der Waals surface area (Å²) in [5.41, 5.74) is 0.685. The van der Waals surface area contributed by atoms with Crippen molar-refractivity contribution in [3.05, 3.63) is 63.5 Å². The normalized spacial score (nSPS) is 12.0. The van der Waals surface area contributed by atoms with E-state index in [1.807, 2.05) is 0 Å². The Hall–Kier alpha value is -2.47. The highest BCUT2D eigenvalue weighted by Gasteiger charge is 2.16. The Morgan fingerprint density at radius 2 is 2.05 bits per heavy atom. The minimum Gasteiger partial charge on any atom is -0.454 e. The number of aliphatic hydroxyl groups excluding tert-OH is 1. The standard InChI is InChI=1S/C15H14FNO4/c1-9-8-11(6-7-14(9)17(19)20)21-15-12(10(2)18)4-3-5-13(15)16/h3-8,10,18H,1-2H3/t10-/m1/s1. The van der Waals surface area contributed by atoms with Gasteiger partial charge >= 0.3 is 0 Å². The summed E-state index contributed by atoms with van der Waals surface area (Å²) < 4.78 is 19.3. The number of nitro benzene ring substituents is 1. The molecule has 0 saturated heterocycles. The van der Waals surface area contributed by atoms with E-state index in [9.17, 15) is 19.6 Å². The fourth-order valence-electron chi connectivity index (χ4n) is 1.98. The molecule has 0 radical (unpaired) electrons. The maximum atomic E-state index is 13.9.